The van der Waals surface area contributed by atoms with Crippen LogP contribution in [0, 0.1) is 0 Å². The Morgan fingerprint density at radius 3 is 2.41 bits per heavy atom. The molecule has 0 radical (unpaired) electrons. The van der Waals surface area contributed by atoms with Crippen molar-refractivity contribution in [3.63, 3.8) is 0 Å². The van der Waals surface area contributed by atoms with Gasteiger partial charge in [0, 0.05) is 48.3 Å². The van der Waals surface area contributed by atoms with Crippen LogP contribution in [-0.2, 0) is 6.61 Å². The first kappa shape index (κ1) is 21.3. The lowest BCUT2D eigenvalue weighted by Crippen LogP contribution is -2.53. The van der Waals surface area contributed by atoms with E-state index in [2.05, 4.69) is 5.32 Å². The quantitative estimate of drug-likeness (QED) is 0.769. The Labute approximate surface area is 180 Å². The molecule has 1 heterocycles. The van der Waals surface area contributed by atoms with Gasteiger partial charge in [0.1, 0.15) is 12.4 Å². The summed E-state index contributed by atoms with van der Waals surface area (Å²) in [6.07, 6.45) is 0. The fraction of sp³-hybridized carbons (Fsp3) is 0.333. The molecule has 2 aromatic rings. The molecule has 29 heavy (non-hydrogen) atoms. The number of amides is 3. The van der Waals surface area contributed by atoms with Gasteiger partial charge >= 0.3 is 6.03 Å². The van der Waals surface area contributed by atoms with Crippen molar-refractivity contribution >= 4 is 35.1 Å². The molecule has 8 heteroatoms. The van der Waals surface area contributed by atoms with Gasteiger partial charge < -0.3 is 19.9 Å². The molecule has 1 saturated heterocycles. The summed E-state index contributed by atoms with van der Waals surface area (Å²) < 4.78 is 5.90. The number of urea groups is 1. The zero-order valence-electron chi connectivity index (χ0n) is 16.2. The second-order valence-electron chi connectivity index (χ2n) is 6.64. The van der Waals surface area contributed by atoms with Gasteiger partial charge in [0.25, 0.3) is 5.91 Å². The number of ether oxygens (including phenoxy) is 1. The lowest BCUT2D eigenvalue weighted by molar-refractivity contribution is 0.0660. The van der Waals surface area contributed by atoms with Crippen molar-refractivity contribution in [1.82, 2.24) is 15.1 Å². The number of hydrogen-bond donors (Lipinski definition) is 1. The van der Waals surface area contributed by atoms with Crippen molar-refractivity contribution in [3.8, 4) is 5.75 Å². The van der Waals surface area contributed by atoms with E-state index in [0.29, 0.717) is 54.1 Å². The highest BCUT2D eigenvalue weighted by Crippen LogP contribution is 2.25. The Morgan fingerprint density at radius 1 is 1.03 bits per heavy atom. The van der Waals surface area contributed by atoms with Crippen LogP contribution in [-0.4, -0.2) is 54.5 Å². The van der Waals surface area contributed by atoms with E-state index in [4.69, 9.17) is 27.9 Å². The molecule has 0 aliphatic carbocycles. The van der Waals surface area contributed by atoms with E-state index in [-0.39, 0.29) is 18.5 Å². The standard InChI is InChI=1S/C21H23Cl2N3O3/c1-2-24-21(28)26-11-9-25(10-12-26)20(27)17-5-3-4-6-19(17)29-14-15-7-8-16(22)13-18(15)23/h3-8,13H,2,9-12,14H2,1H3,(H,24,28). The first-order chi connectivity index (χ1) is 14.0. The van der Waals surface area contributed by atoms with Crippen LogP contribution >= 0.6 is 23.2 Å². The van der Waals surface area contributed by atoms with Gasteiger partial charge in [0.15, 0.2) is 0 Å². The van der Waals surface area contributed by atoms with Gasteiger partial charge in [-0.2, -0.15) is 0 Å². The molecule has 3 rings (SSSR count). The molecule has 1 fully saturated rings. The Balaban J connectivity index is 1.65. The molecule has 6 nitrogen and oxygen atoms in total. The van der Waals surface area contributed by atoms with E-state index in [9.17, 15) is 9.59 Å². The van der Waals surface area contributed by atoms with Crippen LogP contribution in [0.25, 0.3) is 0 Å². The maximum Gasteiger partial charge on any atom is 0.317 e. The van der Waals surface area contributed by atoms with E-state index in [1.807, 2.05) is 13.0 Å². The zero-order chi connectivity index (χ0) is 20.8. The van der Waals surface area contributed by atoms with Crippen LogP contribution in [0.15, 0.2) is 42.5 Å². The predicted octanol–water partition coefficient (Wildman–Crippen LogP) is 4.06. The minimum Gasteiger partial charge on any atom is -0.488 e. The van der Waals surface area contributed by atoms with Crippen LogP contribution in [0.1, 0.15) is 22.8 Å². The minimum atomic E-state index is -0.113. The first-order valence-corrected chi connectivity index (χ1v) is 10.2. The molecule has 3 amide bonds. The van der Waals surface area contributed by atoms with Gasteiger partial charge in [-0.1, -0.05) is 41.4 Å². The largest absolute Gasteiger partial charge is 0.488 e. The van der Waals surface area contributed by atoms with E-state index in [1.165, 1.54) is 0 Å². The molecule has 154 valence electrons. The molecular formula is C21H23Cl2N3O3. The average Bonchev–Trinajstić information content (AvgIpc) is 2.73. The number of para-hydroxylation sites is 1. The molecule has 1 aliphatic heterocycles. The molecule has 1 N–H and O–H groups in total. The van der Waals surface area contributed by atoms with Crippen LogP contribution in [0.2, 0.25) is 10.0 Å². The molecule has 0 aromatic heterocycles. The van der Waals surface area contributed by atoms with Gasteiger partial charge in [-0.25, -0.2) is 4.79 Å². The number of carbonyl (C=O) groups is 2. The molecule has 1 aliphatic rings. The summed E-state index contributed by atoms with van der Waals surface area (Å²) in [5, 5.41) is 3.86. The van der Waals surface area contributed by atoms with Crippen molar-refractivity contribution in [3.05, 3.63) is 63.6 Å². The summed E-state index contributed by atoms with van der Waals surface area (Å²) in [5.41, 5.74) is 1.28. The number of piperazine rings is 1. The Bertz CT molecular complexity index is 883. The number of hydrogen-bond acceptors (Lipinski definition) is 3. The van der Waals surface area contributed by atoms with Gasteiger partial charge in [0.2, 0.25) is 0 Å². The van der Waals surface area contributed by atoms with E-state index in [0.717, 1.165) is 5.56 Å². The van der Waals surface area contributed by atoms with Gasteiger partial charge in [-0.05, 0) is 31.2 Å². The lowest BCUT2D eigenvalue weighted by atomic mass is 10.1. The third kappa shape index (κ3) is 5.34. The van der Waals surface area contributed by atoms with Crippen LogP contribution in [0.4, 0.5) is 4.79 Å². The lowest BCUT2D eigenvalue weighted by Gasteiger charge is -2.34. The van der Waals surface area contributed by atoms with Gasteiger partial charge in [-0.3, -0.25) is 4.79 Å². The van der Waals surface area contributed by atoms with E-state index >= 15 is 0 Å². The molecule has 0 bridgehead atoms. The molecule has 0 atom stereocenters. The number of benzene rings is 2. The topological polar surface area (TPSA) is 61.9 Å². The number of halogens is 2. The van der Waals surface area contributed by atoms with Crippen molar-refractivity contribution in [1.29, 1.82) is 0 Å². The smallest absolute Gasteiger partial charge is 0.317 e. The summed E-state index contributed by atoms with van der Waals surface area (Å²) in [4.78, 5) is 28.4. The normalized spacial score (nSPS) is 13.9. The van der Waals surface area contributed by atoms with Gasteiger partial charge in [-0.15, -0.1) is 0 Å². The average molecular weight is 436 g/mol. The Hall–Kier alpha value is -2.44. The third-order valence-electron chi connectivity index (χ3n) is 4.70. The SMILES string of the molecule is CCNC(=O)N1CCN(C(=O)c2ccccc2OCc2ccc(Cl)cc2Cl)CC1. The number of carbonyl (C=O) groups excluding carboxylic acids is 2. The summed E-state index contributed by atoms with van der Waals surface area (Å²) >= 11 is 12.1. The minimum absolute atomic E-state index is 0.0943. The monoisotopic (exact) mass is 435 g/mol. The van der Waals surface area contributed by atoms with Crippen molar-refractivity contribution in [2.45, 2.75) is 13.5 Å². The summed E-state index contributed by atoms with van der Waals surface area (Å²) in [5.74, 6) is 0.382. The van der Waals surface area contributed by atoms with Crippen LogP contribution in [0.5, 0.6) is 5.75 Å². The highest BCUT2D eigenvalue weighted by atomic mass is 35.5. The fourth-order valence-electron chi connectivity index (χ4n) is 3.11. The Kier molecular flexibility index (Phi) is 7.23. The molecule has 2 aromatic carbocycles. The third-order valence-corrected chi connectivity index (χ3v) is 5.28. The maximum absolute atomic E-state index is 13.0. The van der Waals surface area contributed by atoms with Crippen LogP contribution < -0.4 is 10.1 Å². The molecule has 0 spiro atoms. The van der Waals surface area contributed by atoms with Crippen molar-refractivity contribution in [2.75, 3.05) is 32.7 Å². The molecule has 0 saturated carbocycles. The summed E-state index contributed by atoms with van der Waals surface area (Å²) in [7, 11) is 0. The molecular weight excluding hydrogens is 413 g/mol. The number of rotatable bonds is 5. The predicted molar refractivity (Wildman–Crippen MR) is 114 cm³/mol. The Morgan fingerprint density at radius 2 is 1.72 bits per heavy atom. The first-order valence-electron chi connectivity index (χ1n) is 9.47. The van der Waals surface area contributed by atoms with Crippen LogP contribution in [0.3, 0.4) is 0 Å². The zero-order valence-corrected chi connectivity index (χ0v) is 17.7. The summed E-state index contributed by atoms with van der Waals surface area (Å²) in [6.45, 7) is 4.65. The highest BCUT2D eigenvalue weighted by molar-refractivity contribution is 6.35. The second kappa shape index (κ2) is 9.85. The van der Waals surface area contributed by atoms with Crippen molar-refractivity contribution in [2.24, 2.45) is 0 Å². The van der Waals surface area contributed by atoms with Gasteiger partial charge in [0.05, 0.1) is 5.56 Å². The summed E-state index contributed by atoms with van der Waals surface area (Å²) in [6, 6.07) is 12.3. The fourth-order valence-corrected chi connectivity index (χ4v) is 3.57. The number of nitrogens with one attached hydrogen (secondary N) is 1. The van der Waals surface area contributed by atoms with E-state index in [1.54, 1.807) is 46.2 Å². The maximum atomic E-state index is 13.0. The molecule has 0 unspecified atom stereocenters. The van der Waals surface area contributed by atoms with Crippen molar-refractivity contribution < 1.29 is 14.3 Å². The number of nitrogens with zero attached hydrogens (tertiary/aromatic N) is 2. The van der Waals surface area contributed by atoms with E-state index < -0.39 is 0 Å². The highest BCUT2D eigenvalue weighted by Gasteiger charge is 2.26. The second-order valence-corrected chi connectivity index (χ2v) is 7.48.